The lowest BCUT2D eigenvalue weighted by molar-refractivity contribution is 0.0662. The Bertz CT molecular complexity index is 2660. The number of benzene rings is 5. The van der Waals surface area contributed by atoms with Gasteiger partial charge < -0.3 is 37.9 Å². The number of carbonyl (C=O) groups is 4. The molecule has 0 bridgehead atoms. The molecule has 0 N–H and O–H groups in total. The van der Waals surface area contributed by atoms with Crippen molar-refractivity contribution in [2.75, 3.05) is 26.4 Å². The van der Waals surface area contributed by atoms with Crippen molar-refractivity contribution < 1.29 is 57.1 Å². The standard InChI is InChI=1S/C98H150O12/c1-5-9-13-17-21-25-29-33-37-41-45-49-53-57-77-103-87-69-61-83(62-70-87)95(99)107-91-81-93(109-97(101)85-65-73-89(74-66-85)105-79-59-55-51-47-43-39-35-31-27-23-19-15-11-7-3)94(110-98(102)86-67-75-90(76-68-86)106-80-60-56-52-48-44-40-36-32-28-24-20-16-12-8-4)82-92(91)108-96(100)84-63-71-88(72-64-84)104-78-58-54-50-46-42-38-34-30-26-22-18-14-10-6-2/h61-76,81-82H,5-60,77-80H2,1-4H3. The molecule has 5 aromatic carbocycles. The van der Waals surface area contributed by atoms with Crippen LogP contribution in [0.3, 0.4) is 0 Å². The lowest BCUT2D eigenvalue weighted by atomic mass is 10.0. The van der Waals surface area contributed by atoms with Crippen LogP contribution in [-0.4, -0.2) is 50.3 Å². The molecule has 0 fully saturated rings. The number of rotatable bonds is 72. The first-order valence-electron chi connectivity index (χ1n) is 45.2. The highest BCUT2D eigenvalue weighted by molar-refractivity contribution is 5.96. The second-order valence-corrected chi connectivity index (χ2v) is 31.2. The summed E-state index contributed by atoms with van der Waals surface area (Å²) in [6.07, 6.45) is 71.4. The van der Waals surface area contributed by atoms with Crippen LogP contribution in [0.1, 0.15) is 429 Å². The molecule has 5 aromatic rings. The molecule has 0 aromatic heterocycles. The summed E-state index contributed by atoms with van der Waals surface area (Å²) in [6.45, 7) is 11.3. The van der Waals surface area contributed by atoms with Gasteiger partial charge in [-0.05, 0) is 123 Å². The molecule has 0 heterocycles. The molecule has 0 aliphatic carbocycles. The van der Waals surface area contributed by atoms with Crippen molar-refractivity contribution in [3.8, 4) is 46.0 Å². The van der Waals surface area contributed by atoms with Crippen LogP contribution in [0.25, 0.3) is 0 Å². The van der Waals surface area contributed by atoms with Crippen LogP contribution in [0.5, 0.6) is 46.0 Å². The third kappa shape index (κ3) is 45.6. The zero-order valence-corrected chi connectivity index (χ0v) is 69.7. The number of esters is 4. The van der Waals surface area contributed by atoms with Crippen molar-refractivity contribution in [1.29, 1.82) is 0 Å². The first-order chi connectivity index (χ1) is 54.2. The highest BCUT2D eigenvalue weighted by Gasteiger charge is 2.26. The summed E-state index contributed by atoms with van der Waals surface area (Å²) < 4.78 is 48.8. The van der Waals surface area contributed by atoms with E-state index in [-0.39, 0.29) is 45.3 Å². The Kier molecular flexibility index (Phi) is 55.1. The van der Waals surface area contributed by atoms with Crippen molar-refractivity contribution in [3.63, 3.8) is 0 Å². The van der Waals surface area contributed by atoms with Crippen LogP contribution in [0.2, 0.25) is 0 Å². The Morgan fingerprint density at radius 1 is 0.182 bits per heavy atom. The summed E-state index contributed by atoms with van der Waals surface area (Å²) in [5.41, 5.74) is 0.735. The van der Waals surface area contributed by atoms with Gasteiger partial charge in [0.1, 0.15) is 23.0 Å². The minimum atomic E-state index is -0.792. The molecule has 0 amide bonds. The Morgan fingerprint density at radius 2 is 0.309 bits per heavy atom. The first-order valence-corrected chi connectivity index (χ1v) is 45.2. The van der Waals surface area contributed by atoms with Crippen molar-refractivity contribution >= 4 is 23.9 Å². The predicted molar refractivity (Wildman–Crippen MR) is 455 cm³/mol. The fourth-order valence-electron chi connectivity index (χ4n) is 14.2. The maximum Gasteiger partial charge on any atom is 0.343 e. The first kappa shape index (κ1) is 93.8. The molecular formula is C98H150O12. The van der Waals surface area contributed by atoms with Gasteiger partial charge in [-0.1, -0.05) is 362 Å². The van der Waals surface area contributed by atoms with E-state index in [0.29, 0.717) is 49.4 Å². The summed E-state index contributed by atoms with van der Waals surface area (Å²) in [5, 5.41) is 0. The van der Waals surface area contributed by atoms with E-state index in [1.54, 1.807) is 97.1 Å². The molecule has 5 rings (SSSR count). The summed E-state index contributed by atoms with van der Waals surface area (Å²) in [5.74, 6) is -1.80. The highest BCUT2D eigenvalue weighted by atomic mass is 16.6. The normalized spacial score (nSPS) is 11.2. The number of hydrogen-bond donors (Lipinski definition) is 0. The molecule has 0 saturated heterocycles. The van der Waals surface area contributed by atoms with Gasteiger partial charge >= 0.3 is 23.9 Å². The quantitative estimate of drug-likeness (QED) is 0.0208. The van der Waals surface area contributed by atoms with Gasteiger partial charge in [-0.25, -0.2) is 19.2 Å². The van der Waals surface area contributed by atoms with Crippen LogP contribution in [0.4, 0.5) is 0 Å². The minimum Gasteiger partial charge on any atom is -0.494 e. The lowest BCUT2D eigenvalue weighted by Gasteiger charge is -2.16. The smallest absolute Gasteiger partial charge is 0.343 e. The average molecular weight is 1520 g/mol. The van der Waals surface area contributed by atoms with Gasteiger partial charge in [-0.2, -0.15) is 0 Å². The van der Waals surface area contributed by atoms with E-state index in [4.69, 9.17) is 37.9 Å². The molecule has 0 aliphatic rings. The fourth-order valence-corrected chi connectivity index (χ4v) is 14.2. The SMILES string of the molecule is CCCCCCCCCCCCCCCCOc1ccc(C(=O)Oc2cc(OC(=O)c3ccc(OCCCCCCCCCCCCCCCC)cc3)c(OC(=O)c3ccc(OCCCCCCCCCCCCCCCC)cc3)cc2OC(=O)c2ccc(OCCCCCCCCCCCCCCCC)cc2)cc1. The molecule has 614 valence electrons. The largest absolute Gasteiger partial charge is 0.494 e. The van der Waals surface area contributed by atoms with Gasteiger partial charge in [0, 0.05) is 12.1 Å². The molecule has 0 unspecified atom stereocenters. The Labute approximate surface area is 668 Å². The molecular weight excluding hydrogens is 1370 g/mol. The predicted octanol–water partition coefficient (Wildman–Crippen LogP) is 30.0. The topological polar surface area (TPSA) is 142 Å². The van der Waals surface area contributed by atoms with E-state index in [9.17, 15) is 19.2 Å². The van der Waals surface area contributed by atoms with Crippen LogP contribution in [0.15, 0.2) is 109 Å². The molecule has 0 saturated carbocycles. The highest BCUT2D eigenvalue weighted by Crippen LogP contribution is 2.42. The molecule has 110 heavy (non-hydrogen) atoms. The summed E-state index contributed by atoms with van der Waals surface area (Å²) in [6, 6.07) is 29.1. The zero-order valence-electron chi connectivity index (χ0n) is 69.7. The second-order valence-electron chi connectivity index (χ2n) is 31.2. The molecule has 0 radical (unpaired) electrons. The van der Waals surface area contributed by atoms with Gasteiger partial charge in [0.2, 0.25) is 0 Å². The minimum absolute atomic E-state index is 0.184. The monoisotopic (exact) mass is 1520 g/mol. The Hall–Kier alpha value is -6.82. The fraction of sp³-hybridized carbons (Fsp3) is 0.653. The molecule has 0 spiro atoms. The Balaban J connectivity index is 1.26. The maximum absolute atomic E-state index is 14.3. The third-order valence-corrected chi connectivity index (χ3v) is 21.2. The van der Waals surface area contributed by atoms with Crippen molar-refractivity contribution in [3.05, 3.63) is 131 Å². The van der Waals surface area contributed by atoms with Gasteiger partial charge in [0.25, 0.3) is 0 Å². The van der Waals surface area contributed by atoms with Crippen LogP contribution < -0.4 is 37.9 Å². The average Bonchev–Trinajstić information content (AvgIpc) is 0.798. The number of carbonyl (C=O) groups excluding carboxylic acids is 4. The van der Waals surface area contributed by atoms with Crippen molar-refractivity contribution in [2.24, 2.45) is 0 Å². The number of hydrogen-bond acceptors (Lipinski definition) is 12. The summed E-state index contributed by atoms with van der Waals surface area (Å²) in [7, 11) is 0. The second kappa shape index (κ2) is 64.7. The van der Waals surface area contributed by atoms with E-state index in [0.717, 1.165) is 51.4 Å². The van der Waals surface area contributed by atoms with Crippen LogP contribution >= 0.6 is 0 Å². The van der Waals surface area contributed by atoms with Crippen LogP contribution in [0, 0.1) is 0 Å². The van der Waals surface area contributed by atoms with Gasteiger partial charge in [-0.15, -0.1) is 0 Å². The zero-order chi connectivity index (χ0) is 78.0. The lowest BCUT2D eigenvalue weighted by Crippen LogP contribution is -2.16. The molecule has 12 heteroatoms. The van der Waals surface area contributed by atoms with Gasteiger partial charge in [0.05, 0.1) is 48.7 Å². The van der Waals surface area contributed by atoms with Gasteiger partial charge in [0.15, 0.2) is 23.0 Å². The molecule has 0 atom stereocenters. The maximum atomic E-state index is 14.3. The number of unbranched alkanes of at least 4 members (excludes halogenated alkanes) is 52. The van der Waals surface area contributed by atoms with Crippen molar-refractivity contribution in [2.45, 2.75) is 387 Å². The van der Waals surface area contributed by atoms with Gasteiger partial charge in [-0.3, -0.25) is 0 Å². The summed E-state index contributed by atoms with van der Waals surface area (Å²) in [4.78, 5) is 57.1. The Morgan fingerprint density at radius 3 is 0.445 bits per heavy atom. The number of ether oxygens (including phenoxy) is 8. The van der Waals surface area contributed by atoms with E-state index < -0.39 is 23.9 Å². The van der Waals surface area contributed by atoms with Crippen molar-refractivity contribution in [1.82, 2.24) is 0 Å². The summed E-state index contributed by atoms with van der Waals surface area (Å²) >= 11 is 0. The van der Waals surface area contributed by atoms with E-state index in [1.807, 2.05) is 0 Å². The van der Waals surface area contributed by atoms with E-state index >= 15 is 0 Å². The third-order valence-electron chi connectivity index (χ3n) is 21.2. The molecule has 0 aliphatic heterocycles. The van der Waals surface area contributed by atoms with E-state index in [1.165, 1.54) is 320 Å². The molecule has 12 nitrogen and oxygen atoms in total. The van der Waals surface area contributed by atoms with E-state index in [2.05, 4.69) is 27.7 Å². The van der Waals surface area contributed by atoms with Crippen LogP contribution in [-0.2, 0) is 0 Å².